The van der Waals surface area contributed by atoms with Crippen molar-refractivity contribution in [2.75, 3.05) is 13.7 Å². The Bertz CT molecular complexity index is 357. The molecule has 3 N–H and O–H groups in total. The van der Waals surface area contributed by atoms with Crippen LogP contribution in [0.4, 0.5) is 0 Å². The molecule has 0 spiro atoms. The molecule has 0 amide bonds. The van der Waals surface area contributed by atoms with Crippen molar-refractivity contribution < 1.29 is 9.53 Å². The standard InChI is InChI=1S/C11H14N2O2/c1-15-9-4-2-8(3-5-9)6-10(13)11(14)7-12/h2-5,13H,6-7,12H2,1H3. The average Bonchev–Trinajstić information content (AvgIpc) is 2.29. The number of carbonyl (C=O) groups excluding carboxylic acids is 1. The summed E-state index contributed by atoms with van der Waals surface area (Å²) in [6, 6.07) is 7.26. The highest BCUT2D eigenvalue weighted by Crippen LogP contribution is 2.11. The molecule has 4 heteroatoms. The summed E-state index contributed by atoms with van der Waals surface area (Å²) < 4.78 is 5.00. The van der Waals surface area contributed by atoms with E-state index in [1.54, 1.807) is 19.2 Å². The fourth-order valence-electron chi connectivity index (χ4n) is 1.17. The fraction of sp³-hybridized carbons (Fsp3) is 0.273. The third kappa shape index (κ3) is 3.18. The van der Waals surface area contributed by atoms with Gasteiger partial charge in [0.1, 0.15) is 5.75 Å². The van der Waals surface area contributed by atoms with E-state index in [-0.39, 0.29) is 18.0 Å². The van der Waals surface area contributed by atoms with Crippen molar-refractivity contribution in [2.24, 2.45) is 5.73 Å². The predicted molar refractivity (Wildman–Crippen MR) is 58.5 cm³/mol. The maximum Gasteiger partial charge on any atom is 0.190 e. The zero-order chi connectivity index (χ0) is 11.3. The van der Waals surface area contributed by atoms with Gasteiger partial charge in [0.05, 0.1) is 19.4 Å². The largest absolute Gasteiger partial charge is 0.497 e. The maximum atomic E-state index is 11.1. The summed E-state index contributed by atoms with van der Waals surface area (Å²) in [7, 11) is 1.59. The Labute approximate surface area is 88.6 Å². The number of hydrogen-bond acceptors (Lipinski definition) is 4. The topological polar surface area (TPSA) is 76.2 Å². The summed E-state index contributed by atoms with van der Waals surface area (Å²) in [6.45, 7) is -0.102. The number of benzene rings is 1. The Kier molecular flexibility index (Phi) is 4.00. The van der Waals surface area contributed by atoms with Gasteiger partial charge in [-0.1, -0.05) is 12.1 Å². The molecule has 0 atom stereocenters. The second kappa shape index (κ2) is 5.26. The highest BCUT2D eigenvalue weighted by molar-refractivity contribution is 6.39. The van der Waals surface area contributed by atoms with Crippen LogP contribution < -0.4 is 10.5 Å². The van der Waals surface area contributed by atoms with Crippen LogP contribution in [0.1, 0.15) is 5.56 Å². The minimum atomic E-state index is -0.314. The molecule has 0 aliphatic heterocycles. The lowest BCUT2D eigenvalue weighted by Gasteiger charge is -2.03. The molecule has 80 valence electrons. The Morgan fingerprint density at radius 3 is 2.47 bits per heavy atom. The molecule has 0 saturated carbocycles. The second-order valence-corrected chi connectivity index (χ2v) is 3.13. The first-order chi connectivity index (χ1) is 7.17. The zero-order valence-electron chi connectivity index (χ0n) is 8.62. The Morgan fingerprint density at radius 1 is 1.40 bits per heavy atom. The van der Waals surface area contributed by atoms with Crippen molar-refractivity contribution in [3.8, 4) is 5.75 Å². The number of methoxy groups -OCH3 is 1. The molecular formula is C11H14N2O2. The van der Waals surface area contributed by atoms with Gasteiger partial charge >= 0.3 is 0 Å². The number of nitrogens with two attached hydrogens (primary N) is 1. The minimum Gasteiger partial charge on any atom is -0.497 e. The molecule has 1 aromatic rings. The molecule has 0 fully saturated rings. The minimum absolute atomic E-state index is 0.0441. The summed E-state index contributed by atoms with van der Waals surface area (Å²) in [6.07, 6.45) is 0.319. The van der Waals surface area contributed by atoms with Gasteiger partial charge in [0.15, 0.2) is 5.78 Å². The number of hydrogen-bond donors (Lipinski definition) is 2. The van der Waals surface area contributed by atoms with Gasteiger partial charge in [0.25, 0.3) is 0 Å². The molecule has 15 heavy (non-hydrogen) atoms. The van der Waals surface area contributed by atoms with E-state index in [0.717, 1.165) is 11.3 Å². The summed E-state index contributed by atoms with van der Waals surface area (Å²) in [4.78, 5) is 11.1. The van der Waals surface area contributed by atoms with E-state index in [2.05, 4.69) is 0 Å². The van der Waals surface area contributed by atoms with Gasteiger partial charge < -0.3 is 15.9 Å². The van der Waals surface area contributed by atoms with Crippen LogP contribution in [0.2, 0.25) is 0 Å². The van der Waals surface area contributed by atoms with Crippen molar-refractivity contribution in [1.82, 2.24) is 0 Å². The van der Waals surface area contributed by atoms with Gasteiger partial charge in [0, 0.05) is 6.42 Å². The van der Waals surface area contributed by atoms with Crippen LogP contribution in [0.5, 0.6) is 5.75 Å². The SMILES string of the molecule is COc1ccc(CC(=N)C(=O)CN)cc1. The number of Topliss-reactive ketones (excluding diaryl/α,β-unsaturated/α-hetero) is 1. The van der Waals surface area contributed by atoms with Crippen LogP contribution in [0.15, 0.2) is 24.3 Å². The smallest absolute Gasteiger partial charge is 0.190 e. The zero-order valence-corrected chi connectivity index (χ0v) is 8.62. The molecule has 0 aliphatic rings. The molecular weight excluding hydrogens is 192 g/mol. The third-order valence-corrected chi connectivity index (χ3v) is 2.06. The van der Waals surface area contributed by atoms with E-state index in [9.17, 15) is 4.79 Å². The predicted octanol–water partition coefficient (Wildman–Crippen LogP) is 0.785. The quantitative estimate of drug-likeness (QED) is 0.699. The molecule has 0 radical (unpaired) electrons. The Hall–Kier alpha value is -1.68. The van der Waals surface area contributed by atoms with E-state index < -0.39 is 0 Å². The molecule has 0 aliphatic carbocycles. The molecule has 0 bridgehead atoms. The third-order valence-electron chi connectivity index (χ3n) is 2.06. The average molecular weight is 206 g/mol. The molecule has 1 aromatic carbocycles. The molecule has 0 unspecified atom stereocenters. The van der Waals surface area contributed by atoms with E-state index in [0.29, 0.717) is 6.42 Å². The summed E-state index contributed by atoms with van der Waals surface area (Å²) in [5.41, 5.74) is 6.11. The van der Waals surface area contributed by atoms with Crippen molar-refractivity contribution in [3.05, 3.63) is 29.8 Å². The lowest BCUT2D eigenvalue weighted by Crippen LogP contribution is -2.24. The normalized spacial score (nSPS) is 9.73. The van der Waals surface area contributed by atoms with Crippen molar-refractivity contribution in [2.45, 2.75) is 6.42 Å². The first-order valence-corrected chi connectivity index (χ1v) is 4.61. The number of nitrogens with one attached hydrogen (secondary N) is 1. The second-order valence-electron chi connectivity index (χ2n) is 3.13. The van der Waals surface area contributed by atoms with Crippen LogP contribution in [0, 0.1) is 5.41 Å². The van der Waals surface area contributed by atoms with Crippen LogP contribution >= 0.6 is 0 Å². The monoisotopic (exact) mass is 206 g/mol. The molecule has 1 rings (SSSR count). The van der Waals surface area contributed by atoms with E-state index in [1.165, 1.54) is 0 Å². The number of ether oxygens (including phenoxy) is 1. The van der Waals surface area contributed by atoms with Crippen LogP contribution in [0.3, 0.4) is 0 Å². The lowest BCUT2D eigenvalue weighted by molar-refractivity contribution is -0.111. The lowest BCUT2D eigenvalue weighted by atomic mass is 10.1. The van der Waals surface area contributed by atoms with Crippen molar-refractivity contribution in [3.63, 3.8) is 0 Å². The van der Waals surface area contributed by atoms with E-state index >= 15 is 0 Å². The maximum absolute atomic E-state index is 11.1. The van der Waals surface area contributed by atoms with E-state index in [4.69, 9.17) is 15.9 Å². The number of ketones is 1. The summed E-state index contributed by atoms with van der Waals surface area (Å²) in [5, 5.41) is 7.47. The Balaban J connectivity index is 2.65. The number of rotatable bonds is 5. The first kappa shape index (κ1) is 11.4. The van der Waals surface area contributed by atoms with Crippen molar-refractivity contribution >= 4 is 11.5 Å². The van der Waals surface area contributed by atoms with Gasteiger partial charge in [-0.05, 0) is 17.7 Å². The van der Waals surface area contributed by atoms with Crippen LogP contribution in [-0.2, 0) is 11.2 Å². The number of carbonyl (C=O) groups is 1. The fourth-order valence-corrected chi connectivity index (χ4v) is 1.17. The summed E-state index contributed by atoms with van der Waals surface area (Å²) >= 11 is 0. The van der Waals surface area contributed by atoms with Crippen LogP contribution in [0.25, 0.3) is 0 Å². The van der Waals surface area contributed by atoms with Gasteiger partial charge in [0.2, 0.25) is 0 Å². The van der Waals surface area contributed by atoms with Gasteiger partial charge in [-0.25, -0.2) is 0 Å². The van der Waals surface area contributed by atoms with Gasteiger partial charge in [-0.3, -0.25) is 4.79 Å². The van der Waals surface area contributed by atoms with Crippen molar-refractivity contribution in [1.29, 1.82) is 5.41 Å². The van der Waals surface area contributed by atoms with Crippen LogP contribution in [-0.4, -0.2) is 25.1 Å². The molecule has 0 heterocycles. The highest BCUT2D eigenvalue weighted by atomic mass is 16.5. The van der Waals surface area contributed by atoms with Gasteiger partial charge in [-0.2, -0.15) is 0 Å². The van der Waals surface area contributed by atoms with Gasteiger partial charge in [-0.15, -0.1) is 0 Å². The first-order valence-electron chi connectivity index (χ1n) is 4.61. The molecule has 0 saturated heterocycles. The molecule has 0 aromatic heterocycles. The molecule has 4 nitrogen and oxygen atoms in total. The summed E-state index contributed by atoms with van der Waals surface area (Å²) in [5.74, 6) is 0.446. The Morgan fingerprint density at radius 2 is 2.00 bits per heavy atom. The highest BCUT2D eigenvalue weighted by Gasteiger charge is 2.07. The van der Waals surface area contributed by atoms with E-state index in [1.807, 2.05) is 12.1 Å².